The van der Waals surface area contributed by atoms with Gasteiger partial charge in [0.2, 0.25) is 0 Å². The molecule has 27 heavy (non-hydrogen) atoms. The Balaban J connectivity index is 1.44. The lowest BCUT2D eigenvalue weighted by atomic mass is 9.47. The van der Waals surface area contributed by atoms with Crippen LogP contribution in [0.25, 0.3) is 0 Å². The number of fused-ring (bicyclic) bond motifs is 1. The van der Waals surface area contributed by atoms with Crippen molar-refractivity contribution in [2.24, 2.45) is 11.8 Å². The maximum atomic E-state index is 13.0. The Hall–Kier alpha value is -1.52. The van der Waals surface area contributed by atoms with Crippen LogP contribution in [0.15, 0.2) is 29.8 Å². The summed E-state index contributed by atoms with van der Waals surface area (Å²) < 4.78 is 6.07. The first-order chi connectivity index (χ1) is 12.6. The van der Waals surface area contributed by atoms with Crippen LogP contribution in [0.3, 0.4) is 0 Å². The summed E-state index contributed by atoms with van der Waals surface area (Å²) in [6.45, 7) is 5.60. The quantitative estimate of drug-likeness (QED) is 0.776. The fourth-order valence-electron chi connectivity index (χ4n) is 5.14. The highest BCUT2D eigenvalue weighted by molar-refractivity contribution is 6.30. The highest BCUT2D eigenvalue weighted by Crippen LogP contribution is 2.60. The average molecular weight is 389 g/mol. The summed E-state index contributed by atoms with van der Waals surface area (Å²) in [6, 6.07) is 5.71. The number of carbonyl (C=O) groups excluding carboxylic acids is 1. The highest BCUT2D eigenvalue weighted by Gasteiger charge is 2.60. The normalized spacial score (nSPS) is 31.4. The van der Waals surface area contributed by atoms with Crippen molar-refractivity contribution in [3.8, 4) is 5.75 Å². The van der Waals surface area contributed by atoms with E-state index < -0.39 is 5.60 Å². The number of aryl methyl sites for hydroxylation is 1. The number of amides is 1. The molecule has 1 N–H and O–H groups in total. The monoisotopic (exact) mass is 388 g/mol. The Labute approximate surface area is 166 Å². The highest BCUT2D eigenvalue weighted by atomic mass is 35.5. The molecule has 4 atom stereocenters. The van der Waals surface area contributed by atoms with E-state index in [9.17, 15) is 4.79 Å². The lowest BCUT2D eigenvalue weighted by Crippen LogP contribution is -2.69. The molecule has 1 amide bonds. The number of nitrogens with zero attached hydrogens (tertiary/aromatic N) is 1. The van der Waals surface area contributed by atoms with Crippen molar-refractivity contribution < 1.29 is 9.53 Å². The summed E-state index contributed by atoms with van der Waals surface area (Å²) in [5, 5.41) is 3.97. The van der Waals surface area contributed by atoms with E-state index in [4.69, 9.17) is 16.3 Å². The van der Waals surface area contributed by atoms with E-state index in [0.717, 1.165) is 24.8 Å². The second-order valence-electron chi connectivity index (χ2n) is 9.17. The number of carbonyl (C=O) groups is 1. The van der Waals surface area contributed by atoms with Crippen LogP contribution in [-0.4, -0.2) is 42.1 Å². The largest absolute Gasteiger partial charge is 0.478 e. The van der Waals surface area contributed by atoms with Gasteiger partial charge in [0, 0.05) is 28.4 Å². The van der Waals surface area contributed by atoms with Crippen LogP contribution in [0, 0.1) is 18.8 Å². The summed E-state index contributed by atoms with van der Waals surface area (Å²) in [5.41, 5.74) is 1.84. The molecule has 5 aliphatic rings. The average Bonchev–Trinajstić information content (AvgIpc) is 2.62. The third kappa shape index (κ3) is 2.98. The molecule has 0 radical (unpaired) electrons. The standard InChI is InChI=1S/C22H29ClN2O2/c1-13-10-14(23)6-7-18(13)27-21(2,3)20(26)24-19-16-11-22(25(4)5)9-8-15(16)17(19)12-22/h6-8,10,16-17,19H,9,11-12H2,1-5H3,(H,24,26)/t16-,17+,19-,22-. The summed E-state index contributed by atoms with van der Waals surface area (Å²) in [5.74, 6) is 1.62. The van der Waals surface area contributed by atoms with Gasteiger partial charge >= 0.3 is 0 Å². The van der Waals surface area contributed by atoms with Crippen LogP contribution < -0.4 is 10.1 Å². The molecule has 146 valence electrons. The van der Waals surface area contributed by atoms with Crippen molar-refractivity contribution in [1.29, 1.82) is 0 Å². The molecule has 0 spiro atoms. The number of hydrogen-bond donors (Lipinski definition) is 1. The molecule has 4 nitrogen and oxygen atoms in total. The van der Waals surface area contributed by atoms with Gasteiger partial charge in [-0.1, -0.05) is 23.3 Å². The minimum Gasteiger partial charge on any atom is -0.478 e. The molecule has 5 heteroatoms. The van der Waals surface area contributed by atoms with Crippen molar-refractivity contribution in [3.63, 3.8) is 0 Å². The molecule has 0 aliphatic heterocycles. The molecule has 0 saturated heterocycles. The van der Waals surface area contributed by atoms with Crippen molar-refractivity contribution in [1.82, 2.24) is 10.2 Å². The fraction of sp³-hybridized carbons (Fsp3) is 0.591. The van der Waals surface area contributed by atoms with Crippen molar-refractivity contribution >= 4 is 17.5 Å². The molecule has 0 aromatic heterocycles. The Bertz CT molecular complexity index is 799. The van der Waals surface area contributed by atoms with E-state index in [1.807, 2.05) is 32.9 Å². The summed E-state index contributed by atoms with van der Waals surface area (Å²) in [6.07, 6.45) is 5.85. The predicted molar refractivity (Wildman–Crippen MR) is 108 cm³/mol. The number of benzene rings is 1. The topological polar surface area (TPSA) is 41.6 Å². The van der Waals surface area contributed by atoms with Crippen molar-refractivity contribution in [2.45, 2.75) is 57.2 Å². The van der Waals surface area contributed by atoms with Gasteiger partial charge in [-0.15, -0.1) is 0 Å². The first-order valence-electron chi connectivity index (χ1n) is 9.76. The molecule has 6 rings (SSSR count). The second-order valence-corrected chi connectivity index (χ2v) is 9.61. The van der Waals surface area contributed by atoms with Gasteiger partial charge in [0.05, 0.1) is 0 Å². The van der Waals surface area contributed by atoms with Crippen molar-refractivity contribution in [2.75, 3.05) is 14.1 Å². The maximum absolute atomic E-state index is 13.0. The molecule has 3 saturated carbocycles. The Morgan fingerprint density at radius 1 is 1.30 bits per heavy atom. The van der Waals surface area contributed by atoms with Gasteiger partial charge in [-0.3, -0.25) is 4.79 Å². The number of ether oxygens (including phenoxy) is 1. The van der Waals surface area contributed by atoms with Gasteiger partial charge in [0.15, 0.2) is 5.60 Å². The third-order valence-corrected chi connectivity index (χ3v) is 7.17. The van der Waals surface area contributed by atoms with E-state index in [1.165, 1.54) is 0 Å². The second kappa shape index (κ2) is 6.25. The van der Waals surface area contributed by atoms with Gasteiger partial charge in [0.25, 0.3) is 5.91 Å². The van der Waals surface area contributed by atoms with Gasteiger partial charge in [-0.25, -0.2) is 0 Å². The van der Waals surface area contributed by atoms with Gasteiger partial charge in [-0.05, 0) is 77.9 Å². The number of hydrogen-bond acceptors (Lipinski definition) is 3. The zero-order chi connectivity index (χ0) is 19.6. The van der Waals surface area contributed by atoms with Crippen LogP contribution in [0.4, 0.5) is 0 Å². The van der Waals surface area contributed by atoms with Crippen LogP contribution in [0.1, 0.15) is 38.7 Å². The van der Waals surface area contributed by atoms with E-state index in [1.54, 1.807) is 11.6 Å². The number of nitrogens with one attached hydrogen (secondary N) is 1. The first-order valence-corrected chi connectivity index (χ1v) is 10.1. The molecule has 4 bridgehead atoms. The van der Waals surface area contributed by atoms with Gasteiger partial charge < -0.3 is 15.0 Å². The number of halogens is 1. The molecule has 0 heterocycles. The molecule has 0 unspecified atom stereocenters. The van der Waals surface area contributed by atoms with Crippen LogP contribution in [0.2, 0.25) is 5.02 Å². The minimum absolute atomic E-state index is 0.0474. The van der Waals surface area contributed by atoms with E-state index >= 15 is 0 Å². The molecule has 1 aromatic rings. The lowest BCUT2D eigenvalue weighted by Gasteiger charge is -2.64. The molecule has 1 aromatic carbocycles. The lowest BCUT2D eigenvalue weighted by molar-refractivity contribution is -0.138. The summed E-state index contributed by atoms with van der Waals surface area (Å²) in [7, 11) is 4.37. The molecular weight excluding hydrogens is 360 g/mol. The Kier molecular flexibility index (Phi) is 4.36. The van der Waals surface area contributed by atoms with E-state index in [2.05, 4.69) is 30.4 Å². The predicted octanol–water partition coefficient (Wildman–Crippen LogP) is 3.96. The van der Waals surface area contributed by atoms with E-state index in [0.29, 0.717) is 22.6 Å². The zero-order valence-electron chi connectivity index (χ0n) is 16.8. The fourth-order valence-corrected chi connectivity index (χ4v) is 5.37. The van der Waals surface area contributed by atoms with Crippen LogP contribution in [0.5, 0.6) is 5.75 Å². The summed E-state index contributed by atoms with van der Waals surface area (Å²) >= 11 is 6.02. The molecule has 5 aliphatic carbocycles. The zero-order valence-corrected chi connectivity index (χ0v) is 17.6. The minimum atomic E-state index is -0.935. The Morgan fingerprint density at radius 3 is 2.56 bits per heavy atom. The molecule has 3 fully saturated rings. The SMILES string of the molecule is Cc1cc(Cl)ccc1OC(C)(C)C(=O)N[C@@H]1[C@@H]2C[C@]3(N(C)C)CC=C2[C@@H]1C3. The van der Waals surface area contributed by atoms with Crippen LogP contribution >= 0.6 is 11.6 Å². The third-order valence-electron chi connectivity index (χ3n) is 6.94. The van der Waals surface area contributed by atoms with Gasteiger partial charge in [0.1, 0.15) is 5.75 Å². The van der Waals surface area contributed by atoms with E-state index in [-0.39, 0.29) is 17.5 Å². The maximum Gasteiger partial charge on any atom is 0.263 e. The first kappa shape index (κ1) is 18.8. The van der Waals surface area contributed by atoms with Crippen molar-refractivity contribution in [3.05, 3.63) is 40.4 Å². The molecular formula is C22H29ClN2O2. The Morgan fingerprint density at radius 2 is 1.96 bits per heavy atom. The van der Waals surface area contributed by atoms with Gasteiger partial charge in [-0.2, -0.15) is 0 Å². The number of rotatable bonds is 5. The van der Waals surface area contributed by atoms with Crippen LogP contribution in [-0.2, 0) is 4.79 Å². The summed E-state index contributed by atoms with van der Waals surface area (Å²) in [4.78, 5) is 15.4. The smallest absolute Gasteiger partial charge is 0.263 e.